The van der Waals surface area contributed by atoms with Crippen LogP contribution in [0, 0.1) is 0 Å². The van der Waals surface area contributed by atoms with Gasteiger partial charge in [0.15, 0.2) is 11.6 Å². The van der Waals surface area contributed by atoms with E-state index in [0.717, 1.165) is 55.0 Å². The van der Waals surface area contributed by atoms with Gasteiger partial charge in [0.05, 0.1) is 23.2 Å². The third-order valence-electron chi connectivity index (χ3n) is 5.49. The zero-order valence-corrected chi connectivity index (χ0v) is 17.0. The van der Waals surface area contributed by atoms with Gasteiger partial charge in [0.1, 0.15) is 0 Å². The van der Waals surface area contributed by atoms with E-state index in [1.54, 1.807) is 12.5 Å². The molecule has 3 aromatic heterocycles. The number of hydrogen-bond donors (Lipinski definition) is 0. The van der Waals surface area contributed by atoms with Gasteiger partial charge in [0.2, 0.25) is 0 Å². The first kappa shape index (κ1) is 20.4. The third-order valence-corrected chi connectivity index (χ3v) is 5.49. The van der Waals surface area contributed by atoms with Gasteiger partial charge in [-0.3, -0.25) is 9.88 Å². The van der Waals surface area contributed by atoms with Crippen LogP contribution in [0.5, 0.6) is 0 Å². The second-order valence-electron chi connectivity index (χ2n) is 7.73. The molecule has 0 aliphatic carbocycles. The Balaban J connectivity index is 1.25. The van der Waals surface area contributed by atoms with Crippen LogP contribution < -0.4 is 0 Å². The summed E-state index contributed by atoms with van der Waals surface area (Å²) in [4.78, 5) is 15.8. The number of benzene rings is 1. The van der Waals surface area contributed by atoms with Crippen molar-refractivity contribution in [2.45, 2.75) is 25.7 Å². The summed E-state index contributed by atoms with van der Waals surface area (Å²) in [6, 6.07) is 12.5. The highest BCUT2D eigenvalue weighted by Crippen LogP contribution is 2.30. The molecule has 32 heavy (non-hydrogen) atoms. The number of fused-ring (bicyclic) bond motifs is 1. The minimum Gasteiger partial charge on any atom is -0.461 e. The number of furan rings is 1. The van der Waals surface area contributed by atoms with E-state index < -0.39 is 11.7 Å². The minimum atomic E-state index is -4.34. The summed E-state index contributed by atoms with van der Waals surface area (Å²) in [5, 5.41) is 0. The van der Waals surface area contributed by atoms with Gasteiger partial charge in [-0.1, -0.05) is 18.2 Å². The summed E-state index contributed by atoms with van der Waals surface area (Å²) >= 11 is 0. The number of nitrogens with zero attached hydrogens (tertiary/aromatic N) is 4. The van der Waals surface area contributed by atoms with E-state index >= 15 is 0 Å². The molecule has 5 nitrogen and oxygen atoms in total. The molecule has 0 saturated heterocycles. The Labute approximate surface area is 182 Å². The second-order valence-corrected chi connectivity index (χ2v) is 7.73. The van der Waals surface area contributed by atoms with Crippen molar-refractivity contribution in [3.05, 3.63) is 89.6 Å². The quantitative estimate of drug-likeness (QED) is 0.430. The number of rotatable bonds is 4. The van der Waals surface area contributed by atoms with E-state index in [-0.39, 0.29) is 0 Å². The number of aromatic nitrogens is 3. The molecule has 1 aliphatic heterocycles. The maximum atomic E-state index is 12.7. The predicted octanol–water partition coefficient (Wildman–Crippen LogP) is 5.38. The fraction of sp³-hybridized carbons (Fsp3) is 0.208. The molecule has 0 unspecified atom stereocenters. The summed E-state index contributed by atoms with van der Waals surface area (Å²) in [7, 11) is 0. The summed E-state index contributed by atoms with van der Waals surface area (Å²) in [6.07, 6.45) is 1.73. The van der Waals surface area contributed by atoms with Gasteiger partial charge in [-0.2, -0.15) is 13.2 Å². The number of alkyl halides is 3. The molecule has 0 amide bonds. The van der Waals surface area contributed by atoms with Crippen LogP contribution in [0.2, 0.25) is 0 Å². The van der Waals surface area contributed by atoms with Crippen molar-refractivity contribution in [2.24, 2.45) is 0 Å². The van der Waals surface area contributed by atoms with Crippen LogP contribution >= 0.6 is 0 Å². The molecule has 0 spiro atoms. The van der Waals surface area contributed by atoms with Crippen molar-refractivity contribution in [3.63, 3.8) is 0 Å². The normalized spacial score (nSPS) is 14.3. The summed E-state index contributed by atoms with van der Waals surface area (Å²) in [5.74, 6) is 1.26. The molecule has 4 aromatic rings. The summed E-state index contributed by atoms with van der Waals surface area (Å²) < 4.78 is 43.6. The molecule has 0 bridgehead atoms. The number of hydrogen-bond acceptors (Lipinski definition) is 5. The highest BCUT2D eigenvalue weighted by Gasteiger charge is 2.30. The maximum Gasteiger partial charge on any atom is 0.416 e. The molecule has 5 rings (SSSR count). The summed E-state index contributed by atoms with van der Waals surface area (Å²) in [5.41, 5.74) is 3.81. The van der Waals surface area contributed by atoms with Crippen LogP contribution in [0.4, 0.5) is 13.2 Å². The average molecular weight is 436 g/mol. The van der Waals surface area contributed by atoms with Crippen LogP contribution in [0.1, 0.15) is 22.4 Å². The lowest BCUT2D eigenvalue weighted by Gasteiger charge is -2.27. The molecule has 4 heterocycles. The largest absolute Gasteiger partial charge is 0.461 e. The highest BCUT2D eigenvalue weighted by molar-refractivity contribution is 5.59. The molecule has 162 valence electrons. The van der Waals surface area contributed by atoms with Crippen molar-refractivity contribution in [3.8, 4) is 22.8 Å². The van der Waals surface area contributed by atoms with Gasteiger partial charge in [-0.05, 0) is 35.9 Å². The van der Waals surface area contributed by atoms with Gasteiger partial charge < -0.3 is 4.42 Å². The molecular weight excluding hydrogens is 417 g/mol. The van der Waals surface area contributed by atoms with E-state index in [9.17, 15) is 13.2 Å². The van der Waals surface area contributed by atoms with Crippen molar-refractivity contribution >= 4 is 0 Å². The number of pyridine rings is 1. The van der Waals surface area contributed by atoms with Crippen LogP contribution in [0.3, 0.4) is 0 Å². The first-order valence-corrected chi connectivity index (χ1v) is 10.2. The Hall–Kier alpha value is -3.52. The van der Waals surface area contributed by atoms with Crippen LogP contribution in [-0.4, -0.2) is 26.4 Å². The Morgan fingerprint density at radius 3 is 2.50 bits per heavy atom. The van der Waals surface area contributed by atoms with E-state index in [1.807, 2.05) is 30.5 Å². The molecule has 0 atom stereocenters. The Kier molecular flexibility index (Phi) is 5.22. The average Bonchev–Trinajstić information content (AvgIpc) is 3.34. The summed E-state index contributed by atoms with van der Waals surface area (Å²) in [6.45, 7) is 2.33. The predicted molar refractivity (Wildman–Crippen MR) is 112 cm³/mol. The second kappa shape index (κ2) is 8.20. The first-order chi connectivity index (χ1) is 15.5. The molecule has 0 saturated carbocycles. The molecule has 0 N–H and O–H groups in total. The smallest absolute Gasteiger partial charge is 0.416 e. The molecule has 0 fully saturated rings. The third kappa shape index (κ3) is 4.27. The topological polar surface area (TPSA) is 55.1 Å². The van der Waals surface area contributed by atoms with Crippen molar-refractivity contribution in [1.82, 2.24) is 19.9 Å². The van der Waals surface area contributed by atoms with E-state index in [1.165, 1.54) is 12.1 Å². The fourth-order valence-electron chi connectivity index (χ4n) is 3.81. The zero-order valence-electron chi connectivity index (χ0n) is 17.0. The Bertz CT molecular complexity index is 1200. The monoisotopic (exact) mass is 436 g/mol. The molecule has 1 aromatic carbocycles. The standard InChI is InChI=1S/C24H19F3N4O/c25-24(26,27)19-6-4-17(5-7-19)20-8-3-16(12-28-20)14-31-10-9-21-18(15-31)13-29-23(30-21)22-2-1-11-32-22/h1-8,11-13H,9-10,14-15H2. The highest BCUT2D eigenvalue weighted by atomic mass is 19.4. The Morgan fingerprint density at radius 2 is 1.81 bits per heavy atom. The molecule has 8 heteroatoms. The van der Waals surface area contributed by atoms with Crippen LogP contribution in [0.25, 0.3) is 22.8 Å². The number of halogens is 3. The lowest BCUT2D eigenvalue weighted by Crippen LogP contribution is -2.31. The zero-order chi connectivity index (χ0) is 22.1. The first-order valence-electron chi connectivity index (χ1n) is 10.2. The van der Waals surface area contributed by atoms with E-state index in [0.29, 0.717) is 22.8 Å². The fourth-order valence-corrected chi connectivity index (χ4v) is 3.81. The van der Waals surface area contributed by atoms with E-state index in [4.69, 9.17) is 4.42 Å². The van der Waals surface area contributed by atoms with Gasteiger partial charge in [0, 0.05) is 49.6 Å². The van der Waals surface area contributed by atoms with Crippen LogP contribution in [0.15, 0.2) is 71.6 Å². The maximum absolute atomic E-state index is 12.7. The van der Waals surface area contributed by atoms with E-state index in [2.05, 4.69) is 19.9 Å². The van der Waals surface area contributed by atoms with Gasteiger partial charge in [-0.25, -0.2) is 9.97 Å². The Morgan fingerprint density at radius 1 is 0.969 bits per heavy atom. The SMILES string of the molecule is FC(F)(F)c1ccc(-c2ccc(CN3CCc4nc(-c5ccco5)ncc4C3)cn2)cc1. The molecular formula is C24H19F3N4O. The van der Waals surface area contributed by atoms with Crippen molar-refractivity contribution in [1.29, 1.82) is 0 Å². The van der Waals surface area contributed by atoms with Crippen molar-refractivity contribution in [2.75, 3.05) is 6.54 Å². The van der Waals surface area contributed by atoms with Crippen molar-refractivity contribution < 1.29 is 17.6 Å². The van der Waals surface area contributed by atoms with Gasteiger partial charge >= 0.3 is 6.18 Å². The minimum absolute atomic E-state index is 0.602. The lowest BCUT2D eigenvalue weighted by molar-refractivity contribution is -0.137. The van der Waals surface area contributed by atoms with Crippen LogP contribution in [-0.2, 0) is 25.7 Å². The van der Waals surface area contributed by atoms with Gasteiger partial charge in [0.25, 0.3) is 0 Å². The lowest BCUT2D eigenvalue weighted by atomic mass is 10.1. The molecule has 1 aliphatic rings. The molecule has 0 radical (unpaired) electrons. The van der Waals surface area contributed by atoms with Gasteiger partial charge in [-0.15, -0.1) is 0 Å².